The summed E-state index contributed by atoms with van der Waals surface area (Å²) in [6.07, 6.45) is 5.27. The third-order valence-corrected chi connectivity index (χ3v) is 4.17. The summed E-state index contributed by atoms with van der Waals surface area (Å²) >= 11 is 0. The van der Waals surface area contributed by atoms with Crippen molar-refractivity contribution in [1.82, 2.24) is 9.38 Å². The van der Waals surface area contributed by atoms with Gasteiger partial charge in [-0.2, -0.15) is 0 Å². The molecule has 0 aromatic carbocycles. The van der Waals surface area contributed by atoms with E-state index in [1.165, 1.54) is 38.8 Å². The molecule has 1 N–H and O–H groups in total. The van der Waals surface area contributed by atoms with E-state index < -0.39 is 0 Å². The fraction of sp³-hybridized carbons (Fsp3) is 0.500. The van der Waals surface area contributed by atoms with Crippen LogP contribution in [0.1, 0.15) is 37.1 Å². The van der Waals surface area contributed by atoms with Gasteiger partial charge in [0.05, 0.1) is 13.1 Å². The number of hydrogen-bond donors (Lipinski definition) is 1. The van der Waals surface area contributed by atoms with Crippen molar-refractivity contribution in [3.05, 3.63) is 46.0 Å². The molecule has 1 aliphatic heterocycles. The first-order valence-electron chi connectivity index (χ1n) is 7.56. The third-order valence-electron chi connectivity index (χ3n) is 4.17. The fourth-order valence-electron chi connectivity index (χ4n) is 3.12. The Morgan fingerprint density at radius 3 is 2.70 bits per heavy atom. The van der Waals surface area contributed by atoms with E-state index in [4.69, 9.17) is 0 Å². The number of quaternary nitrogens is 1. The van der Waals surface area contributed by atoms with Crippen molar-refractivity contribution in [1.29, 1.82) is 0 Å². The van der Waals surface area contributed by atoms with Crippen LogP contribution in [0, 0.1) is 6.92 Å². The maximum atomic E-state index is 12.2. The average Bonchev–Trinajstić information content (AvgIpc) is 2.67. The van der Waals surface area contributed by atoms with Crippen LogP contribution in [0.5, 0.6) is 0 Å². The second-order valence-corrected chi connectivity index (χ2v) is 5.79. The Morgan fingerprint density at radius 1 is 1.20 bits per heavy atom. The highest BCUT2D eigenvalue weighted by Gasteiger charge is 2.14. The molecular formula is C16H22N3O+. The molecule has 3 rings (SSSR count). The lowest BCUT2D eigenvalue weighted by atomic mass is 10.2. The molecule has 3 heterocycles. The van der Waals surface area contributed by atoms with Gasteiger partial charge in [0.25, 0.3) is 5.56 Å². The van der Waals surface area contributed by atoms with Crippen LogP contribution in [-0.4, -0.2) is 22.5 Å². The number of aromatic nitrogens is 2. The molecule has 4 nitrogen and oxygen atoms in total. The molecule has 1 fully saturated rings. The lowest BCUT2D eigenvalue weighted by Crippen LogP contribution is -3.10. The first-order chi connectivity index (χ1) is 9.74. The van der Waals surface area contributed by atoms with E-state index in [1.807, 2.05) is 25.1 Å². The molecule has 0 radical (unpaired) electrons. The molecule has 0 aliphatic carbocycles. The van der Waals surface area contributed by atoms with Crippen molar-refractivity contribution >= 4 is 5.65 Å². The molecule has 20 heavy (non-hydrogen) atoms. The summed E-state index contributed by atoms with van der Waals surface area (Å²) in [5.41, 5.74) is 2.67. The summed E-state index contributed by atoms with van der Waals surface area (Å²) in [6.45, 7) is 5.22. The third kappa shape index (κ3) is 2.75. The number of pyridine rings is 1. The van der Waals surface area contributed by atoms with Crippen LogP contribution >= 0.6 is 0 Å². The number of aryl methyl sites for hydroxylation is 1. The lowest BCUT2D eigenvalue weighted by molar-refractivity contribution is -0.913. The quantitative estimate of drug-likeness (QED) is 0.884. The van der Waals surface area contributed by atoms with Gasteiger partial charge in [0, 0.05) is 11.8 Å². The van der Waals surface area contributed by atoms with Gasteiger partial charge in [-0.15, -0.1) is 0 Å². The minimum absolute atomic E-state index is 0.0392. The average molecular weight is 272 g/mol. The molecule has 0 amide bonds. The first-order valence-corrected chi connectivity index (χ1v) is 7.56. The minimum atomic E-state index is 0.0392. The molecule has 4 heteroatoms. The van der Waals surface area contributed by atoms with Crippen LogP contribution in [0.15, 0.2) is 29.1 Å². The van der Waals surface area contributed by atoms with Crippen molar-refractivity contribution < 1.29 is 4.90 Å². The van der Waals surface area contributed by atoms with E-state index in [0.29, 0.717) is 0 Å². The molecule has 106 valence electrons. The fourth-order valence-corrected chi connectivity index (χ4v) is 3.12. The van der Waals surface area contributed by atoms with E-state index in [1.54, 1.807) is 15.4 Å². The van der Waals surface area contributed by atoms with Gasteiger partial charge in [0.2, 0.25) is 0 Å². The predicted molar refractivity (Wildman–Crippen MR) is 79.1 cm³/mol. The minimum Gasteiger partial charge on any atom is -0.330 e. The van der Waals surface area contributed by atoms with Crippen LogP contribution in [0.3, 0.4) is 0 Å². The zero-order valence-corrected chi connectivity index (χ0v) is 12.1. The molecule has 0 atom stereocenters. The van der Waals surface area contributed by atoms with Crippen LogP contribution in [0.25, 0.3) is 5.65 Å². The Labute approximate surface area is 119 Å². The Bertz CT molecular complexity index is 654. The largest absolute Gasteiger partial charge is 0.330 e. The molecule has 0 unspecified atom stereocenters. The number of likely N-dealkylation sites (tertiary alicyclic amines) is 1. The Hall–Kier alpha value is -1.68. The Balaban J connectivity index is 1.90. The Kier molecular flexibility index (Phi) is 3.83. The highest BCUT2D eigenvalue weighted by atomic mass is 16.1. The zero-order chi connectivity index (χ0) is 13.9. The smallest absolute Gasteiger partial charge is 0.258 e. The van der Waals surface area contributed by atoms with Crippen molar-refractivity contribution in [3.8, 4) is 0 Å². The molecule has 1 aliphatic rings. The van der Waals surface area contributed by atoms with Crippen molar-refractivity contribution in [3.63, 3.8) is 0 Å². The van der Waals surface area contributed by atoms with Gasteiger partial charge in [-0.25, -0.2) is 4.98 Å². The van der Waals surface area contributed by atoms with Crippen LogP contribution < -0.4 is 10.5 Å². The van der Waals surface area contributed by atoms with E-state index in [9.17, 15) is 4.79 Å². The maximum absolute atomic E-state index is 12.2. The molecular weight excluding hydrogens is 250 g/mol. The summed E-state index contributed by atoms with van der Waals surface area (Å²) in [5, 5.41) is 0. The van der Waals surface area contributed by atoms with E-state index in [2.05, 4.69) is 4.98 Å². The van der Waals surface area contributed by atoms with Gasteiger partial charge < -0.3 is 4.90 Å². The van der Waals surface area contributed by atoms with Crippen LogP contribution in [0.4, 0.5) is 0 Å². The predicted octanol–water partition coefficient (Wildman–Crippen LogP) is 0.962. The van der Waals surface area contributed by atoms with Crippen LogP contribution in [0.2, 0.25) is 0 Å². The molecule has 2 aromatic heterocycles. The number of nitrogens with one attached hydrogen (secondary N) is 1. The topological polar surface area (TPSA) is 38.8 Å². The number of fused-ring (bicyclic) bond motifs is 1. The van der Waals surface area contributed by atoms with Crippen molar-refractivity contribution in [2.75, 3.05) is 13.1 Å². The van der Waals surface area contributed by atoms with Gasteiger partial charge in [-0.1, -0.05) is 6.07 Å². The molecule has 0 bridgehead atoms. The summed E-state index contributed by atoms with van der Waals surface area (Å²) < 4.78 is 1.68. The van der Waals surface area contributed by atoms with E-state index >= 15 is 0 Å². The normalized spacial score (nSPS) is 17.2. The summed E-state index contributed by atoms with van der Waals surface area (Å²) in [6, 6.07) is 7.52. The molecule has 1 saturated heterocycles. The number of nitrogens with zero attached hydrogens (tertiary/aromatic N) is 2. The van der Waals surface area contributed by atoms with Gasteiger partial charge in [0.15, 0.2) is 0 Å². The summed E-state index contributed by atoms with van der Waals surface area (Å²) in [7, 11) is 0. The highest BCUT2D eigenvalue weighted by Crippen LogP contribution is 2.03. The van der Waals surface area contributed by atoms with E-state index in [0.717, 1.165) is 23.6 Å². The van der Waals surface area contributed by atoms with Gasteiger partial charge in [-0.3, -0.25) is 9.20 Å². The second-order valence-electron chi connectivity index (χ2n) is 5.79. The first kappa shape index (κ1) is 13.3. The highest BCUT2D eigenvalue weighted by molar-refractivity contribution is 5.40. The van der Waals surface area contributed by atoms with Gasteiger partial charge in [-0.05, 0) is 44.7 Å². The van der Waals surface area contributed by atoms with Gasteiger partial charge in [0.1, 0.15) is 17.9 Å². The lowest BCUT2D eigenvalue weighted by Gasteiger charge is -2.16. The SMILES string of the molecule is Cc1cccc2nc(C[NH+]3CCCCCC3)cc(=O)n12. The van der Waals surface area contributed by atoms with E-state index in [-0.39, 0.29) is 5.56 Å². The summed E-state index contributed by atoms with van der Waals surface area (Å²) in [4.78, 5) is 18.5. The maximum Gasteiger partial charge on any atom is 0.258 e. The zero-order valence-electron chi connectivity index (χ0n) is 12.1. The van der Waals surface area contributed by atoms with Gasteiger partial charge >= 0.3 is 0 Å². The second kappa shape index (κ2) is 5.75. The van der Waals surface area contributed by atoms with Crippen molar-refractivity contribution in [2.45, 2.75) is 39.2 Å². The molecule has 0 saturated carbocycles. The standard InChI is InChI=1S/C16H21N3O/c1-13-7-6-8-15-17-14(11-16(20)19(13)15)12-18-9-4-2-3-5-10-18/h6-8,11H,2-5,9-10,12H2,1H3/p+1. The number of rotatable bonds is 2. The Morgan fingerprint density at radius 2 is 1.95 bits per heavy atom. The summed E-state index contributed by atoms with van der Waals surface area (Å²) in [5.74, 6) is 0. The van der Waals surface area contributed by atoms with Crippen LogP contribution in [-0.2, 0) is 6.54 Å². The monoisotopic (exact) mass is 272 g/mol. The molecule has 2 aromatic rings. The number of hydrogen-bond acceptors (Lipinski definition) is 2. The molecule has 0 spiro atoms. The van der Waals surface area contributed by atoms with Crippen molar-refractivity contribution in [2.24, 2.45) is 0 Å².